The van der Waals surface area contributed by atoms with Gasteiger partial charge >= 0.3 is 12.1 Å². The van der Waals surface area contributed by atoms with Gasteiger partial charge in [-0.3, -0.25) is 4.79 Å². The van der Waals surface area contributed by atoms with Gasteiger partial charge in [-0.15, -0.1) is 0 Å². The maximum Gasteiger partial charge on any atom is 0.471 e. The van der Waals surface area contributed by atoms with Gasteiger partial charge in [0.2, 0.25) is 5.88 Å². The molecule has 0 atom stereocenters. The second kappa shape index (κ2) is 6.29. The van der Waals surface area contributed by atoms with E-state index in [0.717, 1.165) is 4.90 Å². The third-order valence-corrected chi connectivity index (χ3v) is 3.49. The highest BCUT2D eigenvalue weighted by Crippen LogP contribution is 2.25. The molecule has 3 N–H and O–H groups in total. The predicted octanol–water partition coefficient (Wildman–Crippen LogP) is 1.64. The van der Waals surface area contributed by atoms with E-state index in [1.54, 1.807) is 12.1 Å². The number of likely N-dealkylation sites (tertiary alicyclic amines) is 1. The third kappa shape index (κ3) is 3.71. The fourth-order valence-electron chi connectivity index (χ4n) is 2.32. The summed E-state index contributed by atoms with van der Waals surface area (Å²) in [5.74, 6) is -1.14. The number of rotatable bonds is 3. The number of nitrogens with one attached hydrogen (secondary N) is 1. The summed E-state index contributed by atoms with van der Waals surface area (Å²) in [6.07, 6.45) is -3.99. The lowest BCUT2D eigenvalue weighted by molar-refractivity contribution is -0.186. The standard InChI is InChI=1S/C13H17F3N4O2/c1-22-10-3-2-9(11(17)19-10)18-8-4-6-20(7-5-8)12(21)13(14,15)16/h2-3,8,18H,4-7H2,1H3,(H2,17,19). The average molecular weight is 318 g/mol. The molecule has 0 saturated carbocycles. The van der Waals surface area contributed by atoms with Crippen molar-refractivity contribution >= 4 is 17.4 Å². The Kier molecular flexibility index (Phi) is 4.62. The van der Waals surface area contributed by atoms with Gasteiger partial charge in [0.25, 0.3) is 0 Å². The molecule has 1 amide bonds. The van der Waals surface area contributed by atoms with Crippen molar-refractivity contribution in [3.63, 3.8) is 0 Å². The Labute approximate surface area is 125 Å². The van der Waals surface area contributed by atoms with Gasteiger partial charge in [-0.25, -0.2) is 0 Å². The zero-order chi connectivity index (χ0) is 16.3. The number of pyridine rings is 1. The monoisotopic (exact) mass is 318 g/mol. The van der Waals surface area contributed by atoms with E-state index in [4.69, 9.17) is 10.5 Å². The van der Waals surface area contributed by atoms with Gasteiger partial charge in [0.05, 0.1) is 12.8 Å². The summed E-state index contributed by atoms with van der Waals surface area (Å²) < 4.78 is 42.0. The van der Waals surface area contributed by atoms with E-state index in [2.05, 4.69) is 10.3 Å². The van der Waals surface area contributed by atoms with Crippen molar-refractivity contribution in [2.45, 2.75) is 25.1 Å². The normalized spacial score (nSPS) is 16.5. The van der Waals surface area contributed by atoms with E-state index in [0.29, 0.717) is 24.4 Å². The van der Waals surface area contributed by atoms with Crippen LogP contribution in [0.3, 0.4) is 0 Å². The molecule has 1 saturated heterocycles. The van der Waals surface area contributed by atoms with Crippen LogP contribution in [0.15, 0.2) is 12.1 Å². The summed E-state index contributed by atoms with van der Waals surface area (Å²) in [5, 5.41) is 3.14. The fourth-order valence-corrected chi connectivity index (χ4v) is 2.32. The highest BCUT2D eigenvalue weighted by molar-refractivity contribution is 5.82. The largest absolute Gasteiger partial charge is 0.481 e. The number of anilines is 2. The summed E-state index contributed by atoms with van der Waals surface area (Å²) >= 11 is 0. The van der Waals surface area contributed by atoms with Crippen molar-refractivity contribution in [3.8, 4) is 5.88 Å². The fraction of sp³-hybridized carbons (Fsp3) is 0.538. The second-order valence-electron chi connectivity index (χ2n) is 4.99. The van der Waals surface area contributed by atoms with E-state index < -0.39 is 12.1 Å². The number of amides is 1. The zero-order valence-corrected chi connectivity index (χ0v) is 12.0. The molecule has 122 valence electrons. The number of alkyl halides is 3. The van der Waals surface area contributed by atoms with E-state index in [9.17, 15) is 18.0 Å². The SMILES string of the molecule is COc1ccc(NC2CCN(C(=O)C(F)(F)F)CC2)c(N)n1. The molecule has 0 bridgehead atoms. The number of aromatic nitrogens is 1. The number of nitrogens with two attached hydrogens (primary N) is 1. The highest BCUT2D eigenvalue weighted by Gasteiger charge is 2.43. The second-order valence-corrected chi connectivity index (χ2v) is 4.99. The van der Waals surface area contributed by atoms with Crippen molar-refractivity contribution < 1.29 is 22.7 Å². The summed E-state index contributed by atoms with van der Waals surface area (Å²) in [6.45, 7) is 0.110. The van der Waals surface area contributed by atoms with Gasteiger partial charge in [0.1, 0.15) is 0 Å². The Morgan fingerprint density at radius 2 is 2.05 bits per heavy atom. The van der Waals surface area contributed by atoms with Crippen LogP contribution in [-0.2, 0) is 4.79 Å². The van der Waals surface area contributed by atoms with Gasteiger partial charge in [0, 0.05) is 25.2 Å². The van der Waals surface area contributed by atoms with Crippen LogP contribution in [0.1, 0.15) is 12.8 Å². The van der Waals surface area contributed by atoms with Gasteiger partial charge < -0.3 is 20.7 Å². The predicted molar refractivity (Wildman–Crippen MR) is 74.5 cm³/mol. The molecule has 1 aliphatic rings. The van der Waals surface area contributed by atoms with Crippen LogP contribution in [0.5, 0.6) is 5.88 Å². The lowest BCUT2D eigenvalue weighted by atomic mass is 10.0. The Bertz CT molecular complexity index is 543. The van der Waals surface area contributed by atoms with Crippen LogP contribution in [0.25, 0.3) is 0 Å². The van der Waals surface area contributed by atoms with Gasteiger partial charge in [-0.05, 0) is 18.9 Å². The lowest BCUT2D eigenvalue weighted by Gasteiger charge is -2.33. The summed E-state index contributed by atoms with van der Waals surface area (Å²) in [6, 6.07) is 3.28. The van der Waals surface area contributed by atoms with Crippen LogP contribution in [0.2, 0.25) is 0 Å². The van der Waals surface area contributed by atoms with E-state index in [1.165, 1.54) is 7.11 Å². The molecule has 2 heterocycles. The quantitative estimate of drug-likeness (QED) is 0.885. The van der Waals surface area contributed by atoms with Crippen molar-refractivity contribution in [3.05, 3.63) is 12.1 Å². The Balaban J connectivity index is 1.91. The van der Waals surface area contributed by atoms with Crippen molar-refractivity contribution in [2.75, 3.05) is 31.2 Å². The number of halogens is 3. The molecule has 22 heavy (non-hydrogen) atoms. The third-order valence-electron chi connectivity index (χ3n) is 3.49. The molecular weight excluding hydrogens is 301 g/mol. The number of nitrogen functional groups attached to an aromatic ring is 1. The Morgan fingerprint density at radius 1 is 1.41 bits per heavy atom. The molecule has 6 nitrogen and oxygen atoms in total. The van der Waals surface area contributed by atoms with Gasteiger partial charge in [-0.1, -0.05) is 0 Å². The Morgan fingerprint density at radius 3 is 2.55 bits per heavy atom. The molecule has 0 unspecified atom stereocenters. The van der Waals surface area contributed by atoms with E-state index in [-0.39, 0.29) is 24.9 Å². The number of piperidine rings is 1. The first-order chi connectivity index (χ1) is 10.3. The number of hydrogen-bond acceptors (Lipinski definition) is 5. The number of methoxy groups -OCH3 is 1. The average Bonchev–Trinajstić information content (AvgIpc) is 2.48. The van der Waals surface area contributed by atoms with Gasteiger partial charge in [-0.2, -0.15) is 18.2 Å². The van der Waals surface area contributed by atoms with Gasteiger partial charge in [0.15, 0.2) is 5.82 Å². The van der Waals surface area contributed by atoms with Crippen LogP contribution in [0.4, 0.5) is 24.7 Å². The number of hydrogen-bond donors (Lipinski definition) is 2. The molecule has 2 rings (SSSR count). The minimum Gasteiger partial charge on any atom is -0.481 e. The first kappa shape index (κ1) is 16.2. The van der Waals surface area contributed by atoms with Crippen molar-refractivity contribution in [1.82, 2.24) is 9.88 Å². The highest BCUT2D eigenvalue weighted by atomic mass is 19.4. The zero-order valence-electron chi connectivity index (χ0n) is 12.0. The maximum atomic E-state index is 12.4. The Hall–Kier alpha value is -2.19. The number of carbonyl (C=O) groups excluding carboxylic acids is 1. The topological polar surface area (TPSA) is 80.5 Å². The summed E-state index contributed by atoms with van der Waals surface area (Å²) in [7, 11) is 1.47. The molecule has 0 spiro atoms. The number of carbonyl (C=O) groups is 1. The van der Waals surface area contributed by atoms with E-state index in [1.807, 2.05) is 0 Å². The molecule has 1 aliphatic heterocycles. The van der Waals surface area contributed by atoms with Crippen LogP contribution in [-0.4, -0.2) is 48.2 Å². The molecule has 1 aromatic heterocycles. The maximum absolute atomic E-state index is 12.4. The van der Waals surface area contributed by atoms with Crippen molar-refractivity contribution in [1.29, 1.82) is 0 Å². The van der Waals surface area contributed by atoms with Crippen molar-refractivity contribution in [2.24, 2.45) is 0 Å². The number of nitrogens with zero attached hydrogens (tertiary/aromatic N) is 2. The molecule has 1 fully saturated rings. The van der Waals surface area contributed by atoms with Crippen LogP contribution < -0.4 is 15.8 Å². The molecule has 1 aromatic rings. The molecule has 9 heteroatoms. The van der Waals surface area contributed by atoms with E-state index >= 15 is 0 Å². The smallest absolute Gasteiger partial charge is 0.471 e. The first-order valence-corrected chi connectivity index (χ1v) is 6.74. The molecular formula is C13H17F3N4O2. The first-order valence-electron chi connectivity index (χ1n) is 6.74. The summed E-state index contributed by atoms with van der Waals surface area (Å²) in [4.78, 5) is 16.0. The molecule has 0 aromatic carbocycles. The lowest BCUT2D eigenvalue weighted by Crippen LogP contribution is -2.47. The number of ether oxygens (including phenoxy) is 1. The summed E-state index contributed by atoms with van der Waals surface area (Å²) in [5.41, 5.74) is 6.38. The minimum absolute atomic E-state index is 0.0551. The van der Waals surface area contributed by atoms with Crippen LogP contribution in [0, 0.1) is 0 Å². The minimum atomic E-state index is -4.81. The molecule has 0 radical (unpaired) electrons. The molecule has 0 aliphatic carbocycles. The van der Waals surface area contributed by atoms with Crippen LogP contribution >= 0.6 is 0 Å².